The minimum absolute atomic E-state index is 0.318. The monoisotopic (exact) mass is 509 g/mol. The number of pyridine rings is 1. The van der Waals surface area contributed by atoms with E-state index in [0.717, 1.165) is 29.7 Å². The number of hydrogen-bond acceptors (Lipinski definition) is 5. The first-order chi connectivity index (χ1) is 15.7. The molecule has 192 valence electrons. The van der Waals surface area contributed by atoms with Crippen molar-refractivity contribution in [3.8, 4) is 0 Å². The number of ether oxygens (including phenoxy) is 1. The van der Waals surface area contributed by atoms with Crippen LogP contribution >= 0.6 is 11.6 Å². The average Bonchev–Trinajstić information content (AvgIpc) is 3.11. The predicted octanol–water partition coefficient (Wildman–Crippen LogP) is 6.24. The van der Waals surface area contributed by atoms with Crippen LogP contribution in [0.3, 0.4) is 0 Å². The van der Waals surface area contributed by atoms with Gasteiger partial charge in [0.15, 0.2) is 8.24 Å². The maximum Gasteiger partial charge on any atom is 0.293 e. The standard InChI is InChI=1S/C21H34ClN3OSi.C5H10O2/c1-14(2)27(15(3)4,16(5)6)25-12-7-17-18(13-19(22)24-20(17)25)21(26)8-10-23-11-9-21;1-5(2,3)7-4-6/h7,12-16,23,26H,8-11H2,1-6H3;4H,1-3H3. The molecule has 34 heavy (non-hydrogen) atoms. The van der Waals surface area contributed by atoms with E-state index in [9.17, 15) is 9.90 Å². The average molecular weight is 510 g/mol. The summed E-state index contributed by atoms with van der Waals surface area (Å²) in [5.74, 6) is 0. The van der Waals surface area contributed by atoms with Gasteiger partial charge < -0.3 is 19.4 Å². The van der Waals surface area contributed by atoms with Crippen molar-refractivity contribution in [1.29, 1.82) is 0 Å². The summed E-state index contributed by atoms with van der Waals surface area (Å²) in [5, 5.41) is 16.3. The number of nitrogens with one attached hydrogen (secondary N) is 1. The first-order valence-electron chi connectivity index (χ1n) is 12.4. The molecular weight excluding hydrogens is 466 g/mol. The zero-order valence-electron chi connectivity index (χ0n) is 22.4. The molecule has 2 N–H and O–H groups in total. The fourth-order valence-corrected chi connectivity index (χ4v) is 12.6. The third-order valence-electron chi connectivity index (χ3n) is 7.15. The van der Waals surface area contributed by atoms with E-state index in [1.807, 2.05) is 26.8 Å². The van der Waals surface area contributed by atoms with Crippen LogP contribution in [0.4, 0.5) is 0 Å². The molecule has 0 aromatic carbocycles. The van der Waals surface area contributed by atoms with Crippen LogP contribution in [0.15, 0.2) is 18.3 Å². The molecule has 0 spiro atoms. The Morgan fingerprint density at radius 3 is 2.09 bits per heavy atom. The van der Waals surface area contributed by atoms with Crippen LogP contribution in [0.25, 0.3) is 11.0 Å². The second-order valence-corrected chi connectivity index (χ2v) is 17.5. The van der Waals surface area contributed by atoms with Gasteiger partial charge >= 0.3 is 0 Å². The van der Waals surface area contributed by atoms with E-state index in [-0.39, 0.29) is 5.60 Å². The van der Waals surface area contributed by atoms with Crippen molar-refractivity contribution in [2.75, 3.05) is 13.1 Å². The molecule has 8 heteroatoms. The summed E-state index contributed by atoms with van der Waals surface area (Å²) in [4.78, 5) is 14.4. The quantitative estimate of drug-likeness (QED) is 0.273. The Labute approximate surface area is 211 Å². The number of nitrogens with zero attached hydrogens (tertiary/aromatic N) is 2. The molecule has 3 rings (SSSR count). The number of carbonyl (C=O) groups is 1. The number of hydrogen-bond donors (Lipinski definition) is 2. The van der Waals surface area contributed by atoms with Gasteiger partial charge in [0.05, 0.1) is 5.60 Å². The molecule has 3 heterocycles. The molecule has 2 aromatic rings. The normalized spacial score (nSPS) is 16.6. The lowest BCUT2D eigenvalue weighted by Gasteiger charge is -2.44. The Kier molecular flexibility index (Phi) is 9.41. The van der Waals surface area contributed by atoms with E-state index in [2.05, 4.69) is 68.1 Å². The minimum Gasteiger partial charge on any atom is -0.462 e. The van der Waals surface area contributed by atoms with Crippen molar-refractivity contribution < 1.29 is 14.6 Å². The predicted molar refractivity (Wildman–Crippen MR) is 144 cm³/mol. The van der Waals surface area contributed by atoms with Crippen molar-refractivity contribution in [3.05, 3.63) is 29.0 Å². The Balaban J connectivity index is 0.000000509. The van der Waals surface area contributed by atoms with Crippen molar-refractivity contribution in [1.82, 2.24) is 14.5 Å². The van der Waals surface area contributed by atoms with Gasteiger partial charge in [0.1, 0.15) is 16.4 Å². The molecule has 0 bridgehead atoms. The molecule has 0 radical (unpaired) electrons. The van der Waals surface area contributed by atoms with Crippen LogP contribution in [0.1, 0.15) is 80.7 Å². The largest absolute Gasteiger partial charge is 0.462 e. The lowest BCUT2D eigenvalue weighted by atomic mass is 9.84. The number of carbonyl (C=O) groups excluding carboxylic acids is 1. The molecule has 1 saturated heterocycles. The molecule has 0 saturated carbocycles. The van der Waals surface area contributed by atoms with E-state index in [4.69, 9.17) is 16.6 Å². The lowest BCUT2D eigenvalue weighted by molar-refractivity contribution is -0.138. The number of fused-ring (bicyclic) bond motifs is 1. The maximum atomic E-state index is 11.4. The third kappa shape index (κ3) is 5.86. The molecule has 2 aromatic heterocycles. The van der Waals surface area contributed by atoms with Crippen LogP contribution < -0.4 is 5.32 Å². The van der Waals surface area contributed by atoms with Gasteiger partial charge in [0.25, 0.3) is 6.47 Å². The molecule has 6 nitrogen and oxygen atoms in total. The Hall–Kier alpha value is -1.41. The highest BCUT2D eigenvalue weighted by Crippen LogP contribution is 2.45. The topological polar surface area (TPSA) is 76.4 Å². The van der Waals surface area contributed by atoms with Gasteiger partial charge in [-0.1, -0.05) is 53.1 Å². The number of halogens is 1. The van der Waals surface area contributed by atoms with Gasteiger partial charge in [-0.05, 0) is 87.2 Å². The maximum absolute atomic E-state index is 11.4. The highest BCUT2D eigenvalue weighted by atomic mass is 35.5. The van der Waals surface area contributed by atoms with Crippen LogP contribution in [0, 0.1) is 0 Å². The van der Waals surface area contributed by atoms with Gasteiger partial charge in [-0.3, -0.25) is 4.79 Å². The van der Waals surface area contributed by atoms with Crippen molar-refractivity contribution in [2.45, 2.75) is 103 Å². The highest BCUT2D eigenvalue weighted by molar-refractivity contribution is 6.82. The minimum atomic E-state index is -1.93. The molecule has 1 aliphatic heterocycles. The fourth-order valence-electron chi connectivity index (χ4n) is 5.86. The molecular formula is C26H44ClN3O3Si. The Morgan fingerprint density at radius 1 is 1.15 bits per heavy atom. The zero-order valence-corrected chi connectivity index (χ0v) is 24.2. The second-order valence-electron chi connectivity index (χ2n) is 11.4. The van der Waals surface area contributed by atoms with E-state index in [1.54, 1.807) is 0 Å². The summed E-state index contributed by atoms with van der Waals surface area (Å²) in [5.41, 5.74) is 2.45. The highest BCUT2D eigenvalue weighted by Gasteiger charge is 2.46. The molecule has 0 unspecified atom stereocenters. The first-order valence-corrected chi connectivity index (χ1v) is 15.0. The zero-order chi connectivity index (χ0) is 25.9. The lowest BCUT2D eigenvalue weighted by Crippen LogP contribution is -2.51. The summed E-state index contributed by atoms with van der Waals surface area (Å²) >= 11 is 6.49. The summed E-state index contributed by atoms with van der Waals surface area (Å²) in [6, 6.07) is 4.03. The fraction of sp³-hybridized carbons (Fsp3) is 0.692. The second kappa shape index (κ2) is 11.1. The molecule has 1 aliphatic rings. The van der Waals surface area contributed by atoms with Crippen molar-refractivity contribution >= 4 is 37.3 Å². The van der Waals surface area contributed by atoms with E-state index in [1.165, 1.54) is 0 Å². The smallest absolute Gasteiger partial charge is 0.293 e. The Morgan fingerprint density at radius 2 is 1.68 bits per heavy atom. The first kappa shape index (κ1) is 28.8. The van der Waals surface area contributed by atoms with Crippen LogP contribution in [0.5, 0.6) is 0 Å². The number of aliphatic hydroxyl groups is 1. The summed E-state index contributed by atoms with van der Waals surface area (Å²) in [6.07, 6.45) is 3.62. The number of rotatable bonds is 6. The van der Waals surface area contributed by atoms with Gasteiger partial charge in [-0.25, -0.2) is 4.98 Å². The van der Waals surface area contributed by atoms with Gasteiger partial charge in [-0.15, -0.1) is 0 Å². The molecule has 0 aliphatic carbocycles. The summed E-state index contributed by atoms with van der Waals surface area (Å²) in [7, 11) is -1.93. The summed E-state index contributed by atoms with van der Waals surface area (Å²) < 4.78 is 7.02. The van der Waals surface area contributed by atoms with E-state index < -0.39 is 13.8 Å². The van der Waals surface area contributed by atoms with Crippen LogP contribution in [-0.4, -0.2) is 47.7 Å². The van der Waals surface area contributed by atoms with E-state index >= 15 is 0 Å². The van der Waals surface area contributed by atoms with Crippen molar-refractivity contribution in [3.63, 3.8) is 0 Å². The van der Waals surface area contributed by atoms with Gasteiger partial charge in [-0.2, -0.15) is 0 Å². The van der Waals surface area contributed by atoms with Crippen molar-refractivity contribution in [2.24, 2.45) is 0 Å². The summed E-state index contributed by atoms with van der Waals surface area (Å²) in [6.45, 7) is 21.7. The van der Waals surface area contributed by atoms with Crippen LogP contribution in [-0.2, 0) is 15.1 Å². The van der Waals surface area contributed by atoms with Gasteiger partial charge in [0.2, 0.25) is 0 Å². The van der Waals surface area contributed by atoms with E-state index in [0.29, 0.717) is 41.1 Å². The number of piperidine rings is 1. The van der Waals surface area contributed by atoms with Gasteiger partial charge in [0, 0.05) is 5.39 Å². The number of aromatic nitrogens is 2. The Bertz CT molecular complexity index is 938. The molecule has 0 amide bonds. The third-order valence-corrected chi connectivity index (χ3v) is 14.1. The SMILES string of the molecule is CC(C)(C)OC=O.CC(C)[Si](C(C)C)(C(C)C)n1ccc2c(C3(O)CCNCC3)cc(Cl)nc21. The van der Waals surface area contributed by atoms with Crippen LogP contribution in [0.2, 0.25) is 21.8 Å². The molecule has 1 fully saturated rings. The molecule has 0 atom stereocenters.